The number of hydrogen-bond acceptors (Lipinski definition) is 6. The molecule has 1 amide bonds. The van der Waals surface area contributed by atoms with Crippen molar-refractivity contribution in [1.29, 1.82) is 0 Å². The molecule has 0 bridgehead atoms. The zero-order chi connectivity index (χ0) is 18.5. The van der Waals surface area contributed by atoms with E-state index < -0.39 is 0 Å². The molecule has 0 spiro atoms. The number of aryl methyl sites for hydroxylation is 2. The molecule has 0 aliphatic carbocycles. The van der Waals surface area contributed by atoms with Crippen molar-refractivity contribution in [2.45, 2.75) is 13.8 Å². The third kappa shape index (κ3) is 4.70. The maximum atomic E-state index is 12.3. The van der Waals surface area contributed by atoms with Crippen molar-refractivity contribution in [2.24, 2.45) is 0 Å². The molecule has 0 radical (unpaired) electrons. The number of carbonyl (C=O) groups excluding carboxylic acids is 1. The highest BCUT2D eigenvalue weighted by Crippen LogP contribution is 2.19. The van der Waals surface area contributed by atoms with Gasteiger partial charge in [0.05, 0.1) is 19.8 Å². The molecule has 7 heteroatoms. The van der Waals surface area contributed by atoms with Gasteiger partial charge in [-0.05, 0) is 44.2 Å². The molecule has 1 N–H and O–H groups in total. The highest BCUT2D eigenvalue weighted by Gasteiger charge is 2.13. The van der Waals surface area contributed by atoms with Crippen LogP contribution < -0.4 is 15.1 Å². The summed E-state index contributed by atoms with van der Waals surface area (Å²) in [6, 6.07) is 9.81. The van der Waals surface area contributed by atoms with Crippen LogP contribution in [0.5, 0.6) is 0 Å². The van der Waals surface area contributed by atoms with E-state index in [2.05, 4.69) is 20.2 Å². The molecule has 2 aromatic rings. The standard InChI is InChI=1S/C19H25N5O2/c1-14-12-15(2)21-19(20-14)23(3)13-18(25)22-16-4-6-17(7-5-16)24-8-10-26-11-9-24/h4-7,12H,8-11,13H2,1-3H3,(H,22,25). The fraction of sp³-hybridized carbons (Fsp3) is 0.421. The number of carbonyl (C=O) groups is 1. The smallest absolute Gasteiger partial charge is 0.243 e. The Balaban J connectivity index is 1.57. The van der Waals surface area contributed by atoms with Gasteiger partial charge < -0.3 is 19.9 Å². The zero-order valence-electron chi connectivity index (χ0n) is 15.5. The van der Waals surface area contributed by atoms with Crippen LogP contribution in [0.4, 0.5) is 17.3 Å². The van der Waals surface area contributed by atoms with Crippen molar-refractivity contribution in [3.8, 4) is 0 Å². The number of nitrogens with one attached hydrogen (secondary N) is 1. The summed E-state index contributed by atoms with van der Waals surface area (Å²) < 4.78 is 5.37. The molecule has 1 saturated heterocycles. The minimum Gasteiger partial charge on any atom is -0.378 e. The Hall–Kier alpha value is -2.67. The summed E-state index contributed by atoms with van der Waals surface area (Å²) in [4.78, 5) is 25.1. The number of aromatic nitrogens is 2. The van der Waals surface area contributed by atoms with Gasteiger partial charge >= 0.3 is 0 Å². The van der Waals surface area contributed by atoms with E-state index in [0.717, 1.165) is 49.1 Å². The number of hydrogen-bond donors (Lipinski definition) is 1. The van der Waals surface area contributed by atoms with Crippen LogP contribution >= 0.6 is 0 Å². The lowest BCUT2D eigenvalue weighted by Gasteiger charge is -2.28. The number of likely N-dealkylation sites (N-methyl/N-ethyl adjacent to an activating group) is 1. The molecule has 26 heavy (non-hydrogen) atoms. The summed E-state index contributed by atoms with van der Waals surface area (Å²) in [5.74, 6) is 0.453. The molecule has 0 atom stereocenters. The first kappa shape index (κ1) is 18.1. The van der Waals surface area contributed by atoms with Crippen LogP contribution in [-0.4, -0.2) is 55.8 Å². The summed E-state index contributed by atoms with van der Waals surface area (Å²) in [6.45, 7) is 7.33. The van der Waals surface area contributed by atoms with Crippen LogP contribution in [0.25, 0.3) is 0 Å². The van der Waals surface area contributed by atoms with Gasteiger partial charge in [-0.25, -0.2) is 9.97 Å². The molecule has 3 rings (SSSR count). The van der Waals surface area contributed by atoms with Crippen LogP contribution in [0.1, 0.15) is 11.4 Å². The first-order chi connectivity index (χ1) is 12.5. The quantitative estimate of drug-likeness (QED) is 0.885. The number of rotatable bonds is 5. The minimum atomic E-state index is -0.102. The Morgan fingerprint density at radius 3 is 2.38 bits per heavy atom. The summed E-state index contributed by atoms with van der Waals surface area (Å²) in [5, 5.41) is 2.92. The van der Waals surface area contributed by atoms with E-state index in [9.17, 15) is 4.79 Å². The van der Waals surface area contributed by atoms with Crippen LogP contribution in [0.2, 0.25) is 0 Å². The molecule has 1 aromatic heterocycles. The number of morpholine rings is 1. The second-order valence-electron chi connectivity index (χ2n) is 6.50. The highest BCUT2D eigenvalue weighted by atomic mass is 16.5. The number of ether oxygens (including phenoxy) is 1. The highest BCUT2D eigenvalue weighted by molar-refractivity contribution is 5.93. The number of benzene rings is 1. The van der Waals surface area contributed by atoms with Crippen molar-refractivity contribution in [1.82, 2.24) is 9.97 Å². The molecule has 1 fully saturated rings. The molecular formula is C19H25N5O2. The molecule has 2 heterocycles. The van der Waals surface area contributed by atoms with Gasteiger partial charge in [-0.1, -0.05) is 0 Å². The van der Waals surface area contributed by atoms with E-state index in [4.69, 9.17) is 4.74 Å². The third-order valence-electron chi connectivity index (χ3n) is 4.22. The Bertz CT molecular complexity index is 737. The average molecular weight is 355 g/mol. The van der Waals surface area contributed by atoms with E-state index in [0.29, 0.717) is 5.95 Å². The molecule has 0 unspecified atom stereocenters. The van der Waals surface area contributed by atoms with Gasteiger partial charge in [-0.15, -0.1) is 0 Å². The van der Waals surface area contributed by atoms with Crippen molar-refractivity contribution in [3.63, 3.8) is 0 Å². The van der Waals surface area contributed by atoms with Crippen LogP contribution in [0, 0.1) is 13.8 Å². The Morgan fingerprint density at radius 1 is 1.15 bits per heavy atom. The Kier molecular flexibility index (Phi) is 5.68. The van der Waals surface area contributed by atoms with Crippen LogP contribution in [0.3, 0.4) is 0 Å². The Labute approximate surface area is 154 Å². The van der Waals surface area contributed by atoms with Gasteiger partial charge in [-0.2, -0.15) is 0 Å². The van der Waals surface area contributed by atoms with E-state index in [1.807, 2.05) is 51.2 Å². The largest absolute Gasteiger partial charge is 0.378 e. The normalized spacial score (nSPS) is 14.2. The SMILES string of the molecule is Cc1cc(C)nc(N(C)CC(=O)Nc2ccc(N3CCOCC3)cc2)n1. The lowest BCUT2D eigenvalue weighted by molar-refractivity contribution is -0.114. The molecular weight excluding hydrogens is 330 g/mol. The monoisotopic (exact) mass is 355 g/mol. The third-order valence-corrected chi connectivity index (χ3v) is 4.22. The first-order valence-corrected chi connectivity index (χ1v) is 8.77. The summed E-state index contributed by atoms with van der Waals surface area (Å²) in [7, 11) is 1.81. The lowest BCUT2D eigenvalue weighted by Crippen LogP contribution is -2.36. The average Bonchev–Trinajstić information content (AvgIpc) is 2.62. The molecule has 1 aliphatic rings. The van der Waals surface area contributed by atoms with Crippen molar-refractivity contribution < 1.29 is 9.53 Å². The van der Waals surface area contributed by atoms with Gasteiger partial charge in [-0.3, -0.25) is 4.79 Å². The van der Waals surface area contributed by atoms with Crippen molar-refractivity contribution in [2.75, 3.05) is 55.0 Å². The second-order valence-corrected chi connectivity index (χ2v) is 6.50. The van der Waals surface area contributed by atoms with Gasteiger partial charge in [0.1, 0.15) is 0 Å². The maximum Gasteiger partial charge on any atom is 0.243 e. The Morgan fingerprint density at radius 2 is 1.77 bits per heavy atom. The fourth-order valence-corrected chi connectivity index (χ4v) is 2.94. The first-order valence-electron chi connectivity index (χ1n) is 8.77. The fourth-order valence-electron chi connectivity index (χ4n) is 2.94. The number of anilines is 3. The van der Waals surface area contributed by atoms with Gasteiger partial charge in [0.15, 0.2) is 0 Å². The summed E-state index contributed by atoms with van der Waals surface area (Å²) in [5.41, 5.74) is 3.70. The van der Waals surface area contributed by atoms with Gasteiger partial charge in [0.25, 0.3) is 0 Å². The minimum absolute atomic E-state index is 0.102. The van der Waals surface area contributed by atoms with Crippen LogP contribution in [0.15, 0.2) is 30.3 Å². The van der Waals surface area contributed by atoms with E-state index in [1.165, 1.54) is 0 Å². The van der Waals surface area contributed by atoms with Gasteiger partial charge in [0, 0.05) is 42.9 Å². The molecule has 1 aliphatic heterocycles. The van der Waals surface area contributed by atoms with Gasteiger partial charge in [0.2, 0.25) is 11.9 Å². The lowest BCUT2D eigenvalue weighted by atomic mass is 10.2. The number of nitrogens with zero attached hydrogens (tertiary/aromatic N) is 4. The predicted molar refractivity (Wildman–Crippen MR) is 103 cm³/mol. The predicted octanol–water partition coefficient (Wildman–Crippen LogP) is 2.00. The van der Waals surface area contributed by atoms with Crippen molar-refractivity contribution >= 4 is 23.2 Å². The molecule has 0 saturated carbocycles. The van der Waals surface area contributed by atoms with E-state index in [-0.39, 0.29) is 12.5 Å². The topological polar surface area (TPSA) is 70.6 Å². The molecule has 138 valence electrons. The van der Waals surface area contributed by atoms with E-state index >= 15 is 0 Å². The maximum absolute atomic E-state index is 12.3. The summed E-state index contributed by atoms with van der Waals surface area (Å²) in [6.07, 6.45) is 0. The summed E-state index contributed by atoms with van der Waals surface area (Å²) >= 11 is 0. The van der Waals surface area contributed by atoms with Crippen molar-refractivity contribution in [3.05, 3.63) is 41.7 Å². The second kappa shape index (κ2) is 8.14. The van der Waals surface area contributed by atoms with Crippen LogP contribution in [-0.2, 0) is 9.53 Å². The molecule has 1 aromatic carbocycles. The number of amides is 1. The molecule has 7 nitrogen and oxygen atoms in total. The van der Waals surface area contributed by atoms with E-state index in [1.54, 1.807) is 4.90 Å². The zero-order valence-corrected chi connectivity index (χ0v) is 15.5.